The Balaban J connectivity index is 1.09. The highest BCUT2D eigenvalue weighted by Crippen LogP contribution is 2.45. The van der Waals surface area contributed by atoms with Gasteiger partial charge >= 0.3 is 0 Å². The van der Waals surface area contributed by atoms with Crippen molar-refractivity contribution in [2.75, 3.05) is 0 Å². The van der Waals surface area contributed by atoms with Crippen LogP contribution in [-0.2, 0) is 0 Å². The van der Waals surface area contributed by atoms with E-state index in [9.17, 15) is 0 Å². The molecule has 0 aliphatic carbocycles. The Kier molecular flexibility index (Phi) is 6.50. The summed E-state index contributed by atoms with van der Waals surface area (Å²) in [7, 11) is 0. The van der Waals surface area contributed by atoms with Crippen LogP contribution >= 0.6 is 0 Å². The summed E-state index contributed by atoms with van der Waals surface area (Å²) in [5.41, 5.74) is 13.5. The Hall–Kier alpha value is -6.90. The quantitative estimate of drug-likeness (QED) is 0.164. The van der Waals surface area contributed by atoms with Crippen LogP contribution in [0, 0.1) is 6.92 Å². The molecule has 0 saturated carbocycles. The molecule has 0 spiro atoms. The Morgan fingerprint density at radius 1 is 0.283 bits per heavy atom. The van der Waals surface area contributed by atoms with Crippen LogP contribution < -0.4 is 0 Å². The third-order valence-electron chi connectivity index (χ3n) is 11.2. The first-order valence-electron chi connectivity index (χ1n) is 18.4. The minimum atomic E-state index is 1.16. The Morgan fingerprint density at radius 3 is 1.00 bits per heavy atom. The summed E-state index contributed by atoms with van der Waals surface area (Å²) in [6, 6.07) is 69.1. The zero-order valence-corrected chi connectivity index (χ0v) is 29.3. The van der Waals surface area contributed by atoms with Crippen molar-refractivity contribution in [3.8, 4) is 33.6 Å². The van der Waals surface area contributed by atoms with Crippen LogP contribution in [0.3, 0.4) is 0 Å². The van der Waals surface area contributed by atoms with Crippen molar-refractivity contribution >= 4 is 65.2 Å². The Morgan fingerprint density at radius 2 is 0.604 bits per heavy atom. The highest BCUT2D eigenvalue weighted by atomic mass is 15.0. The highest BCUT2D eigenvalue weighted by Gasteiger charge is 2.19. The Labute approximate surface area is 307 Å². The monoisotopic (exact) mass is 674 g/mol. The van der Waals surface area contributed by atoms with Gasteiger partial charge in [0.2, 0.25) is 0 Å². The minimum Gasteiger partial charge on any atom is -0.309 e. The topological polar surface area (TPSA) is 9.86 Å². The fourth-order valence-corrected chi connectivity index (χ4v) is 8.87. The smallest absolute Gasteiger partial charge is 0.0541 e. The zero-order chi connectivity index (χ0) is 35.0. The van der Waals surface area contributed by atoms with E-state index in [0.29, 0.717) is 0 Å². The van der Waals surface area contributed by atoms with Gasteiger partial charge in [-0.2, -0.15) is 0 Å². The fraction of sp³-hybridized carbons (Fsp3) is 0.0196. The maximum atomic E-state index is 2.39. The number of fused-ring (bicyclic) bond motifs is 8. The molecule has 2 nitrogen and oxygen atoms in total. The van der Waals surface area contributed by atoms with E-state index in [1.165, 1.54) is 93.0 Å². The Bertz CT molecular complexity index is 3110. The standard InChI is InChI=1S/C51H34N2/c1-33-22-31-44-45(32-33)51(35-25-29-37(30-26-35)53-48-20-10-6-14-40(48)41-15-7-11-21-49(41)53)43-17-3-2-16-42(43)50(44)34-23-27-36(28-24-34)52-46-18-8-4-12-38(46)39-13-5-9-19-47(39)52/h2-32H,1H3. The van der Waals surface area contributed by atoms with Gasteiger partial charge in [-0.3, -0.25) is 0 Å². The molecular formula is C51H34N2. The lowest BCUT2D eigenvalue weighted by atomic mass is 9.85. The number of para-hydroxylation sites is 4. The minimum absolute atomic E-state index is 1.16. The number of hydrogen-bond acceptors (Lipinski definition) is 0. The highest BCUT2D eigenvalue weighted by molar-refractivity contribution is 6.21. The lowest BCUT2D eigenvalue weighted by Crippen LogP contribution is -1.95. The van der Waals surface area contributed by atoms with Crippen LogP contribution in [0.1, 0.15) is 5.56 Å². The number of aryl methyl sites for hydroxylation is 1. The van der Waals surface area contributed by atoms with Crippen LogP contribution in [0.25, 0.3) is 98.8 Å². The van der Waals surface area contributed by atoms with E-state index in [1.54, 1.807) is 0 Å². The molecule has 0 radical (unpaired) electrons. The summed E-state index contributed by atoms with van der Waals surface area (Å²) in [5.74, 6) is 0. The molecule has 2 heteroatoms. The second-order valence-electron chi connectivity index (χ2n) is 14.2. The molecule has 0 atom stereocenters. The van der Waals surface area contributed by atoms with E-state index in [2.05, 4.69) is 204 Å². The normalized spacial score (nSPS) is 11.9. The molecule has 0 unspecified atom stereocenters. The van der Waals surface area contributed by atoms with Gasteiger partial charge in [0.25, 0.3) is 0 Å². The zero-order valence-electron chi connectivity index (χ0n) is 29.3. The average molecular weight is 675 g/mol. The van der Waals surface area contributed by atoms with Crippen molar-refractivity contribution in [1.82, 2.24) is 9.13 Å². The predicted octanol–water partition coefficient (Wildman–Crippen LogP) is 13.8. The summed E-state index contributed by atoms with van der Waals surface area (Å²) < 4.78 is 4.78. The fourth-order valence-electron chi connectivity index (χ4n) is 8.87. The lowest BCUT2D eigenvalue weighted by Gasteiger charge is -2.19. The first kappa shape index (κ1) is 29.8. The van der Waals surface area contributed by atoms with E-state index < -0.39 is 0 Å². The van der Waals surface area contributed by atoms with Gasteiger partial charge in [-0.1, -0.05) is 145 Å². The first-order chi connectivity index (χ1) is 26.2. The maximum Gasteiger partial charge on any atom is 0.0541 e. The number of benzene rings is 9. The van der Waals surface area contributed by atoms with Gasteiger partial charge < -0.3 is 9.13 Å². The van der Waals surface area contributed by atoms with Crippen molar-refractivity contribution in [3.05, 3.63) is 194 Å². The molecule has 0 aliphatic rings. The molecular weight excluding hydrogens is 641 g/mol. The van der Waals surface area contributed by atoms with Crippen molar-refractivity contribution in [1.29, 1.82) is 0 Å². The van der Waals surface area contributed by atoms with Crippen LogP contribution in [0.15, 0.2) is 188 Å². The number of rotatable bonds is 4. The predicted molar refractivity (Wildman–Crippen MR) is 226 cm³/mol. The third-order valence-corrected chi connectivity index (χ3v) is 11.2. The largest absolute Gasteiger partial charge is 0.309 e. The lowest BCUT2D eigenvalue weighted by molar-refractivity contribution is 1.18. The molecule has 11 aromatic rings. The summed E-state index contributed by atoms with van der Waals surface area (Å²) in [4.78, 5) is 0. The molecule has 0 fully saturated rings. The summed E-state index contributed by atoms with van der Waals surface area (Å²) in [6.45, 7) is 2.20. The first-order valence-corrected chi connectivity index (χ1v) is 18.4. The van der Waals surface area contributed by atoms with Crippen LogP contribution in [0.4, 0.5) is 0 Å². The molecule has 53 heavy (non-hydrogen) atoms. The molecule has 2 aromatic heterocycles. The van der Waals surface area contributed by atoms with Gasteiger partial charge in [-0.15, -0.1) is 0 Å². The van der Waals surface area contributed by atoms with E-state index in [0.717, 1.165) is 11.4 Å². The van der Waals surface area contributed by atoms with Gasteiger partial charge in [0.05, 0.1) is 22.1 Å². The van der Waals surface area contributed by atoms with Gasteiger partial charge in [0, 0.05) is 32.9 Å². The molecule has 0 saturated heterocycles. The van der Waals surface area contributed by atoms with Crippen molar-refractivity contribution < 1.29 is 0 Å². The molecule has 2 heterocycles. The van der Waals surface area contributed by atoms with Crippen molar-refractivity contribution in [3.63, 3.8) is 0 Å². The van der Waals surface area contributed by atoms with Gasteiger partial charge in [-0.05, 0) is 99.3 Å². The SMILES string of the molecule is Cc1ccc2c(-c3ccc(-n4c5ccccc5c5ccccc54)cc3)c3ccccc3c(-c3ccc(-n4c5ccccc5c5ccccc54)cc3)c2c1. The van der Waals surface area contributed by atoms with E-state index in [1.807, 2.05) is 0 Å². The van der Waals surface area contributed by atoms with Crippen molar-refractivity contribution in [2.24, 2.45) is 0 Å². The van der Waals surface area contributed by atoms with E-state index in [-0.39, 0.29) is 0 Å². The number of nitrogens with zero attached hydrogens (tertiary/aromatic N) is 2. The average Bonchev–Trinajstić information content (AvgIpc) is 3.73. The van der Waals surface area contributed by atoms with Crippen LogP contribution in [-0.4, -0.2) is 9.13 Å². The van der Waals surface area contributed by atoms with Crippen LogP contribution in [0.5, 0.6) is 0 Å². The van der Waals surface area contributed by atoms with Gasteiger partial charge in [-0.25, -0.2) is 0 Å². The number of aromatic nitrogens is 2. The summed E-state index contributed by atoms with van der Waals surface area (Å²) in [6.07, 6.45) is 0. The van der Waals surface area contributed by atoms with E-state index >= 15 is 0 Å². The van der Waals surface area contributed by atoms with Gasteiger partial charge in [0.15, 0.2) is 0 Å². The maximum absolute atomic E-state index is 2.39. The van der Waals surface area contributed by atoms with Crippen LogP contribution in [0.2, 0.25) is 0 Å². The molecule has 0 amide bonds. The molecule has 248 valence electrons. The number of hydrogen-bond donors (Lipinski definition) is 0. The van der Waals surface area contributed by atoms with E-state index in [4.69, 9.17) is 0 Å². The van der Waals surface area contributed by atoms with Gasteiger partial charge in [0.1, 0.15) is 0 Å². The second-order valence-corrected chi connectivity index (χ2v) is 14.2. The summed E-state index contributed by atoms with van der Waals surface area (Å²) in [5, 5.41) is 10.2. The second kappa shape index (κ2) is 11.6. The van der Waals surface area contributed by atoms with Crippen molar-refractivity contribution in [2.45, 2.75) is 6.92 Å². The molecule has 0 N–H and O–H groups in total. The molecule has 11 rings (SSSR count). The molecule has 0 aliphatic heterocycles. The molecule has 0 bridgehead atoms. The molecule has 9 aromatic carbocycles. The third kappa shape index (κ3) is 4.46. The summed E-state index contributed by atoms with van der Waals surface area (Å²) >= 11 is 0.